The van der Waals surface area contributed by atoms with Crippen LogP contribution in [-0.2, 0) is 0 Å². The summed E-state index contributed by atoms with van der Waals surface area (Å²) in [5.74, 6) is -0.583. The van der Waals surface area contributed by atoms with Crippen LogP contribution in [-0.4, -0.2) is 27.4 Å². The van der Waals surface area contributed by atoms with Gasteiger partial charge in [0.2, 0.25) is 5.89 Å². The van der Waals surface area contributed by atoms with Gasteiger partial charge in [0.05, 0.1) is 11.3 Å². The summed E-state index contributed by atoms with van der Waals surface area (Å²) < 4.78 is 6.91. The Balaban J connectivity index is 1.66. The summed E-state index contributed by atoms with van der Waals surface area (Å²) in [5, 5.41) is 19.0. The zero-order valence-electron chi connectivity index (χ0n) is 14.3. The first kappa shape index (κ1) is 18.2. The lowest BCUT2D eigenvalue weighted by atomic mass is 10.1. The molecule has 1 aromatic heterocycles. The molecule has 0 radical (unpaired) electrons. The van der Waals surface area contributed by atoms with E-state index in [1.807, 2.05) is 24.3 Å². The van der Waals surface area contributed by atoms with Gasteiger partial charge in [0.1, 0.15) is 11.3 Å². The number of benzene rings is 3. The third kappa shape index (κ3) is 3.74. The number of aliphatic imine (C=N–C) groups is 1. The topological polar surface area (TPSA) is 95.9 Å². The highest BCUT2D eigenvalue weighted by Gasteiger charge is 2.10. The molecule has 0 unspecified atom stereocenters. The maximum absolute atomic E-state index is 11.1. The molecule has 0 aliphatic carbocycles. The first-order valence-electron chi connectivity index (χ1n) is 8.26. The molecule has 0 atom stereocenters. The SMILES string of the molecule is O=C(O)c1ccc(O)c(/C=N/c2ccc3oc(-c4cccc(I)c4)nc3c2)c1. The normalized spacial score (nSPS) is 11.3. The number of hydrogen-bond acceptors (Lipinski definition) is 5. The van der Waals surface area contributed by atoms with Gasteiger partial charge in [-0.15, -0.1) is 0 Å². The largest absolute Gasteiger partial charge is 0.507 e. The summed E-state index contributed by atoms with van der Waals surface area (Å²) in [4.78, 5) is 19.9. The first-order valence-corrected chi connectivity index (χ1v) is 9.34. The van der Waals surface area contributed by atoms with Crippen molar-refractivity contribution >= 4 is 51.6 Å². The Bertz CT molecular complexity index is 1230. The van der Waals surface area contributed by atoms with E-state index in [0.29, 0.717) is 28.2 Å². The Labute approximate surface area is 173 Å². The molecule has 138 valence electrons. The molecule has 28 heavy (non-hydrogen) atoms. The number of fused-ring (bicyclic) bond motifs is 1. The third-order valence-corrected chi connectivity index (χ3v) is 4.74. The number of hydrogen-bond donors (Lipinski definition) is 2. The fraction of sp³-hybridized carbons (Fsp3) is 0. The number of rotatable bonds is 4. The summed E-state index contributed by atoms with van der Waals surface area (Å²) in [6.07, 6.45) is 1.42. The number of phenolic OH excluding ortho intramolecular Hbond substituents is 1. The van der Waals surface area contributed by atoms with Gasteiger partial charge in [-0.2, -0.15) is 0 Å². The highest BCUT2D eigenvalue weighted by Crippen LogP contribution is 2.28. The Morgan fingerprint density at radius 3 is 2.75 bits per heavy atom. The molecule has 0 saturated carbocycles. The van der Waals surface area contributed by atoms with Crippen molar-refractivity contribution in [3.8, 4) is 17.2 Å². The molecular formula is C21H13IN2O4. The van der Waals surface area contributed by atoms with Crippen molar-refractivity contribution in [3.63, 3.8) is 0 Å². The number of phenols is 1. The van der Waals surface area contributed by atoms with E-state index >= 15 is 0 Å². The minimum Gasteiger partial charge on any atom is -0.507 e. The van der Waals surface area contributed by atoms with E-state index in [1.165, 1.54) is 24.4 Å². The van der Waals surface area contributed by atoms with Crippen LogP contribution >= 0.6 is 22.6 Å². The van der Waals surface area contributed by atoms with Crippen molar-refractivity contribution in [3.05, 3.63) is 75.4 Å². The van der Waals surface area contributed by atoms with Crippen molar-refractivity contribution in [1.29, 1.82) is 0 Å². The summed E-state index contributed by atoms with van der Waals surface area (Å²) >= 11 is 2.24. The summed E-state index contributed by atoms with van der Waals surface area (Å²) in [5.41, 5.74) is 3.20. The van der Waals surface area contributed by atoms with Crippen LogP contribution in [0.1, 0.15) is 15.9 Å². The van der Waals surface area contributed by atoms with E-state index in [1.54, 1.807) is 18.2 Å². The fourth-order valence-corrected chi connectivity index (χ4v) is 3.22. The Hall–Kier alpha value is -3.20. The number of oxazole rings is 1. The van der Waals surface area contributed by atoms with Crippen molar-refractivity contribution < 1.29 is 19.4 Å². The van der Waals surface area contributed by atoms with Crippen LogP contribution in [0.25, 0.3) is 22.6 Å². The van der Waals surface area contributed by atoms with Crippen LogP contribution < -0.4 is 0 Å². The van der Waals surface area contributed by atoms with Gasteiger partial charge in [0.25, 0.3) is 0 Å². The number of aromatic carboxylic acids is 1. The summed E-state index contributed by atoms with van der Waals surface area (Å²) in [6, 6.07) is 17.2. The molecule has 3 aromatic carbocycles. The van der Waals surface area contributed by atoms with Crippen molar-refractivity contribution in [2.24, 2.45) is 4.99 Å². The van der Waals surface area contributed by atoms with Gasteiger partial charge in [0, 0.05) is 20.9 Å². The standard InChI is InChI=1S/C21H13IN2O4/c22-15-3-1-2-12(9-15)20-24-17-10-16(5-7-19(17)28-20)23-11-14-8-13(21(26)27)4-6-18(14)25/h1-11,25H,(H,26,27)/b23-11+. The molecule has 6 nitrogen and oxygen atoms in total. The predicted octanol–water partition coefficient (Wildman–Crippen LogP) is 5.25. The molecular weight excluding hydrogens is 471 g/mol. The predicted molar refractivity (Wildman–Crippen MR) is 114 cm³/mol. The van der Waals surface area contributed by atoms with Crippen LogP contribution in [0.2, 0.25) is 0 Å². The average molecular weight is 484 g/mol. The molecule has 1 heterocycles. The zero-order chi connectivity index (χ0) is 19.7. The second-order valence-electron chi connectivity index (χ2n) is 6.02. The minimum absolute atomic E-state index is 0.0442. The first-order chi connectivity index (χ1) is 13.5. The van der Waals surface area contributed by atoms with Crippen LogP contribution in [0.15, 0.2) is 70.1 Å². The number of nitrogens with zero attached hydrogens (tertiary/aromatic N) is 2. The molecule has 0 aliphatic rings. The highest BCUT2D eigenvalue weighted by atomic mass is 127. The monoisotopic (exact) mass is 484 g/mol. The fourth-order valence-electron chi connectivity index (χ4n) is 2.68. The third-order valence-electron chi connectivity index (χ3n) is 4.07. The molecule has 0 bridgehead atoms. The van der Waals surface area contributed by atoms with Gasteiger partial charge in [-0.25, -0.2) is 9.78 Å². The number of carboxylic acids is 1. The van der Waals surface area contributed by atoms with Crippen LogP contribution in [0, 0.1) is 3.57 Å². The van der Waals surface area contributed by atoms with Crippen LogP contribution in [0.4, 0.5) is 5.69 Å². The molecule has 4 aromatic rings. The van der Waals surface area contributed by atoms with Crippen molar-refractivity contribution in [2.75, 3.05) is 0 Å². The highest BCUT2D eigenvalue weighted by molar-refractivity contribution is 14.1. The average Bonchev–Trinajstić information content (AvgIpc) is 3.10. The molecule has 7 heteroatoms. The number of carbonyl (C=O) groups is 1. The lowest BCUT2D eigenvalue weighted by Gasteiger charge is -2.00. The van der Waals surface area contributed by atoms with Gasteiger partial charge >= 0.3 is 5.97 Å². The van der Waals surface area contributed by atoms with E-state index in [9.17, 15) is 9.90 Å². The van der Waals surface area contributed by atoms with Crippen molar-refractivity contribution in [1.82, 2.24) is 4.98 Å². The zero-order valence-corrected chi connectivity index (χ0v) is 16.5. The van der Waals surface area contributed by atoms with Crippen LogP contribution in [0.3, 0.4) is 0 Å². The smallest absolute Gasteiger partial charge is 0.335 e. The van der Waals surface area contributed by atoms with Gasteiger partial charge in [-0.1, -0.05) is 6.07 Å². The van der Waals surface area contributed by atoms with Gasteiger partial charge in [-0.05, 0) is 77.2 Å². The molecule has 2 N–H and O–H groups in total. The van der Waals surface area contributed by atoms with Gasteiger partial charge < -0.3 is 14.6 Å². The van der Waals surface area contributed by atoms with E-state index in [-0.39, 0.29) is 11.3 Å². The molecule has 4 rings (SSSR count). The van der Waals surface area contributed by atoms with E-state index < -0.39 is 5.97 Å². The minimum atomic E-state index is -1.07. The van der Waals surface area contributed by atoms with Crippen molar-refractivity contribution in [2.45, 2.75) is 0 Å². The molecule has 0 spiro atoms. The van der Waals surface area contributed by atoms with Crippen LogP contribution in [0.5, 0.6) is 5.75 Å². The summed E-state index contributed by atoms with van der Waals surface area (Å²) in [7, 11) is 0. The van der Waals surface area contributed by atoms with E-state index in [0.717, 1.165) is 9.13 Å². The second-order valence-corrected chi connectivity index (χ2v) is 7.26. The Morgan fingerprint density at radius 2 is 1.96 bits per heavy atom. The Morgan fingerprint density at radius 1 is 1.11 bits per heavy atom. The number of aromatic hydroxyl groups is 1. The molecule has 0 aliphatic heterocycles. The number of aromatic nitrogens is 1. The maximum Gasteiger partial charge on any atom is 0.335 e. The lowest BCUT2D eigenvalue weighted by molar-refractivity contribution is 0.0697. The molecule has 0 saturated heterocycles. The Kier molecular flexibility index (Phi) is 4.82. The maximum atomic E-state index is 11.1. The van der Waals surface area contributed by atoms with Gasteiger partial charge in [0.15, 0.2) is 5.58 Å². The van der Waals surface area contributed by atoms with E-state index in [4.69, 9.17) is 9.52 Å². The summed E-state index contributed by atoms with van der Waals surface area (Å²) in [6.45, 7) is 0. The quantitative estimate of drug-likeness (QED) is 0.305. The lowest BCUT2D eigenvalue weighted by Crippen LogP contribution is -1.97. The molecule has 0 fully saturated rings. The molecule has 0 amide bonds. The van der Waals surface area contributed by atoms with Gasteiger partial charge in [-0.3, -0.25) is 4.99 Å². The number of halogens is 1. The number of carboxylic acid groups (broad SMARTS) is 1. The van der Waals surface area contributed by atoms with E-state index in [2.05, 4.69) is 32.6 Å². The second kappa shape index (κ2) is 7.43.